The van der Waals surface area contributed by atoms with Crippen molar-refractivity contribution < 1.29 is 19.2 Å². The first-order chi connectivity index (χ1) is 15.0. The number of imide groups is 1. The van der Waals surface area contributed by atoms with Crippen LogP contribution in [0.2, 0.25) is 0 Å². The zero-order valence-electron chi connectivity index (χ0n) is 17.0. The van der Waals surface area contributed by atoms with Crippen LogP contribution in [-0.4, -0.2) is 34.6 Å². The summed E-state index contributed by atoms with van der Waals surface area (Å²) in [6.45, 7) is 0.295. The van der Waals surface area contributed by atoms with Gasteiger partial charge in [0.05, 0.1) is 0 Å². The highest BCUT2D eigenvalue weighted by Crippen LogP contribution is 2.42. The Bertz CT molecular complexity index is 1080. The van der Waals surface area contributed by atoms with Crippen LogP contribution >= 0.6 is 0 Å². The predicted molar refractivity (Wildman–Crippen MR) is 113 cm³/mol. The van der Waals surface area contributed by atoms with Crippen molar-refractivity contribution >= 4 is 29.3 Å². The van der Waals surface area contributed by atoms with Crippen LogP contribution in [0, 0.1) is 5.92 Å². The van der Waals surface area contributed by atoms with Gasteiger partial charge in [0, 0.05) is 30.1 Å². The molecular formula is C24H23N3O4. The molecule has 0 aromatic heterocycles. The van der Waals surface area contributed by atoms with E-state index in [2.05, 4.69) is 22.8 Å². The fourth-order valence-electron chi connectivity index (χ4n) is 4.73. The Morgan fingerprint density at radius 3 is 2.55 bits per heavy atom. The molecule has 1 atom stereocenters. The summed E-state index contributed by atoms with van der Waals surface area (Å²) in [7, 11) is 0. The number of carbonyl (C=O) groups excluding carboxylic acids is 4. The van der Waals surface area contributed by atoms with Crippen molar-refractivity contribution in [1.82, 2.24) is 10.2 Å². The van der Waals surface area contributed by atoms with Crippen molar-refractivity contribution in [3.05, 3.63) is 65.2 Å². The van der Waals surface area contributed by atoms with Crippen LogP contribution in [0.3, 0.4) is 0 Å². The highest BCUT2D eigenvalue weighted by molar-refractivity contribution is 6.05. The molecule has 1 saturated heterocycles. The molecule has 1 unspecified atom stereocenters. The molecule has 1 saturated carbocycles. The van der Waals surface area contributed by atoms with E-state index >= 15 is 0 Å². The van der Waals surface area contributed by atoms with E-state index in [0.717, 1.165) is 18.4 Å². The lowest BCUT2D eigenvalue weighted by molar-refractivity contribution is -0.137. The third-order valence-corrected chi connectivity index (χ3v) is 6.57. The van der Waals surface area contributed by atoms with E-state index in [1.807, 2.05) is 24.3 Å². The summed E-state index contributed by atoms with van der Waals surface area (Å²) in [5, 5.41) is 5.28. The maximum atomic E-state index is 12.8. The molecule has 5 rings (SSSR count). The van der Waals surface area contributed by atoms with Gasteiger partial charge in [-0.1, -0.05) is 30.3 Å². The number of hydrogen-bond donors (Lipinski definition) is 2. The van der Waals surface area contributed by atoms with Crippen LogP contribution in [0.15, 0.2) is 48.5 Å². The molecule has 2 aliphatic heterocycles. The van der Waals surface area contributed by atoms with E-state index < -0.39 is 11.9 Å². The average molecular weight is 417 g/mol. The molecule has 2 heterocycles. The largest absolute Gasteiger partial charge is 0.326 e. The second-order valence-corrected chi connectivity index (χ2v) is 8.54. The van der Waals surface area contributed by atoms with Crippen molar-refractivity contribution in [2.24, 2.45) is 5.92 Å². The van der Waals surface area contributed by atoms with Gasteiger partial charge < -0.3 is 10.2 Å². The fraction of sp³-hybridized carbons (Fsp3) is 0.333. The number of anilines is 1. The molecule has 4 amide bonds. The second-order valence-electron chi connectivity index (χ2n) is 8.54. The van der Waals surface area contributed by atoms with Gasteiger partial charge in [0.15, 0.2) is 0 Å². The summed E-state index contributed by atoms with van der Waals surface area (Å²) in [6.07, 6.45) is 2.23. The van der Waals surface area contributed by atoms with Gasteiger partial charge in [0.25, 0.3) is 5.91 Å². The first-order valence-electron chi connectivity index (χ1n) is 10.6. The number of nitrogens with one attached hydrogen (secondary N) is 2. The summed E-state index contributed by atoms with van der Waals surface area (Å²) in [4.78, 5) is 50.5. The molecule has 7 nitrogen and oxygen atoms in total. The molecular weight excluding hydrogens is 394 g/mol. The molecule has 2 N–H and O–H groups in total. The minimum atomic E-state index is -0.638. The Balaban J connectivity index is 1.22. The second kappa shape index (κ2) is 7.65. The summed E-state index contributed by atoms with van der Waals surface area (Å²) in [5.41, 5.74) is 3.25. The molecule has 2 aromatic carbocycles. The topological polar surface area (TPSA) is 95.6 Å². The lowest BCUT2D eigenvalue weighted by atomic mass is 9.71. The van der Waals surface area contributed by atoms with Crippen LogP contribution in [0.1, 0.15) is 53.1 Å². The van der Waals surface area contributed by atoms with Gasteiger partial charge in [-0.05, 0) is 54.5 Å². The number of fused-ring (bicyclic) bond motifs is 1. The number of hydrogen-bond acceptors (Lipinski definition) is 4. The molecule has 3 aliphatic rings. The minimum Gasteiger partial charge on any atom is -0.326 e. The highest BCUT2D eigenvalue weighted by Gasteiger charge is 2.39. The summed E-state index contributed by atoms with van der Waals surface area (Å²) in [6, 6.07) is 14.8. The molecule has 0 bridgehead atoms. The number of amides is 4. The van der Waals surface area contributed by atoms with Gasteiger partial charge in [-0.15, -0.1) is 0 Å². The summed E-state index contributed by atoms with van der Waals surface area (Å²) < 4.78 is 0. The Kier molecular flexibility index (Phi) is 4.81. The quantitative estimate of drug-likeness (QED) is 0.748. The number of nitrogens with zero attached hydrogens (tertiary/aromatic N) is 1. The number of benzene rings is 2. The third-order valence-electron chi connectivity index (χ3n) is 6.57. The maximum absolute atomic E-state index is 12.8. The first-order valence-corrected chi connectivity index (χ1v) is 10.6. The smallest absolute Gasteiger partial charge is 0.255 e. The molecule has 158 valence electrons. The third kappa shape index (κ3) is 3.60. The Morgan fingerprint density at radius 1 is 1.03 bits per heavy atom. The van der Waals surface area contributed by atoms with E-state index in [9.17, 15) is 19.2 Å². The number of rotatable bonds is 4. The van der Waals surface area contributed by atoms with E-state index in [0.29, 0.717) is 30.1 Å². The standard InChI is InChI=1S/C24H23N3O4/c28-21-9-8-20(23(30)26-21)27-13-17-12-18(6-7-19(17)24(27)31)25-22(29)16-10-15(11-16)14-4-2-1-3-5-14/h1-7,12,15-16,20H,8-11,13H2,(H,25,29)(H,26,28,30). The SMILES string of the molecule is O=C1CCC(N2Cc3cc(NC(=O)C4CC(c5ccccc5)C4)ccc3C2=O)C(=O)N1. The monoisotopic (exact) mass is 417 g/mol. The van der Waals surface area contributed by atoms with Gasteiger partial charge in [-0.3, -0.25) is 24.5 Å². The van der Waals surface area contributed by atoms with Crippen molar-refractivity contribution in [2.45, 2.75) is 44.2 Å². The predicted octanol–water partition coefficient (Wildman–Crippen LogP) is 2.58. The molecule has 2 fully saturated rings. The lowest BCUT2D eigenvalue weighted by Gasteiger charge is -2.34. The van der Waals surface area contributed by atoms with Crippen LogP contribution in [0.5, 0.6) is 0 Å². The summed E-state index contributed by atoms with van der Waals surface area (Å²) >= 11 is 0. The molecule has 2 aromatic rings. The molecule has 7 heteroatoms. The van der Waals surface area contributed by atoms with Gasteiger partial charge >= 0.3 is 0 Å². The fourth-order valence-corrected chi connectivity index (χ4v) is 4.73. The molecule has 31 heavy (non-hydrogen) atoms. The normalized spacial score (nSPS) is 25.0. The van der Waals surface area contributed by atoms with Crippen LogP contribution < -0.4 is 10.6 Å². The van der Waals surface area contributed by atoms with Crippen LogP contribution in [-0.2, 0) is 20.9 Å². The number of carbonyl (C=O) groups is 4. The molecule has 0 radical (unpaired) electrons. The van der Waals surface area contributed by atoms with Crippen molar-refractivity contribution in [3.63, 3.8) is 0 Å². The Hall–Kier alpha value is -3.48. The van der Waals surface area contributed by atoms with Crippen LogP contribution in [0.4, 0.5) is 5.69 Å². The van der Waals surface area contributed by atoms with E-state index in [-0.39, 0.29) is 30.1 Å². The number of piperidine rings is 1. The van der Waals surface area contributed by atoms with Gasteiger partial charge in [-0.25, -0.2) is 0 Å². The zero-order chi connectivity index (χ0) is 21.5. The van der Waals surface area contributed by atoms with E-state index in [4.69, 9.17) is 0 Å². The zero-order valence-corrected chi connectivity index (χ0v) is 17.0. The maximum Gasteiger partial charge on any atom is 0.255 e. The molecule has 0 spiro atoms. The minimum absolute atomic E-state index is 0.00141. The Morgan fingerprint density at radius 2 is 1.81 bits per heavy atom. The van der Waals surface area contributed by atoms with Crippen molar-refractivity contribution in [3.8, 4) is 0 Å². The van der Waals surface area contributed by atoms with E-state index in [1.54, 1.807) is 12.1 Å². The highest BCUT2D eigenvalue weighted by atomic mass is 16.2. The van der Waals surface area contributed by atoms with Gasteiger partial charge in [-0.2, -0.15) is 0 Å². The first kappa shape index (κ1) is 19.5. The van der Waals surface area contributed by atoms with E-state index in [1.165, 1.54) is 10.5 Å². The lowest BCUT2D eigenvalue weighted by Crippen LogP contribution is -2.52. The van der Waals surface area contributed by atoms with Crippen LogP contribution in [0.25, 0.3) is 0 Å². The average Bonchev–Trinajstić information content (AvgIpc) is 3.03. The summed E-state index contributed by atoms with van der Waals surface area (Å²) in [5.74, 6) is -0.535. The van der Waals surface area contributed by atoms with Gasteiger partial charge in [0.1, 0.15) is 6.04 Å². The van der Waals surface area contributed by atoms with Gasteiger partial charge in [0.2, 0.25) is 17.7 Å². The van der Waals surface area contributed by atoms with Crippen molar-refractivity contribution in [1.29, 1.82) is 0 Å². The van der Waals surface area contributed by atoms with Crippen molar-refractivity contribution in [2.75, 3.05) is 5.32 Å². The Labute approximate surface area is 179 Å². The molecule has 1 aliphatic carbocycles.